The standard InChI is InChI=1S/C20H16N8S3/c1-11-6-16(31-27-11)25-18-19-21-9-14(12-7-22-23-8-12)28(19)10-17(26-18)30-20-24-13-4-2-3-5-15(13)29-20/h2-7,9-10,12,23H,8H2,1H3,(H,25,26). The van der Waals surface area contributed by atoms with Crippen molar-refractivity contribution >= 4 is 67.5 Å². The summed E-state index contributed by atoms with van der Waals surface area (Å²) >= 11 is 4.64. The van der Waals surface area contributed by atoms with Gasteiger partial charge < -0.3 is 10.7 Å². The van der Waals surface area contributed by atoms with E-state index in [2.05, 4.69) is 35.7 Å². The highest BCUT2D eigenvalue weighted by Gasteiger charge is 2.21. The van der Waals surface area contributed by atoms with Crippen LogP contribution in [-0.2, 0) is 0 Å². The van der Waals surface area contributed by atoms with Gasteiger partial charge in [-0.2, -0.15) is 9.47 Å². The number of hydrogen-bond donors (Lipinski definition) is 2. The number of anilines is 2. The lowest BCUT2D eigenvalue weighted by atomic mass is 10.1. The molecule has 5 aromatic rings. The zero-order valence-electron chi connectivity index (χ0n) is 16.3. The molecule has 1 aliphatic rings. The fourth-order valence-electron chi connectivity index (χ4n) is 3.44. The van der Waals surface area contributed by atoms with Crippen LogP contribution in [0.15, 0.2) is 57.2 Å². The first kappa shape index (κ1) is 18.7. The third kappa shape index (κ3) is 3.54. The van der Waals surface area contributed by atoms with Crippen molar-refractivity contribution < 1.29 is 0 Å². The lowest BCUT2D eigenvalue weighted by Crippen LogP contribution is -2.11. The van der Waals surface area contributed by atoms with E-state index in [1.807, 2.05) is 49.8 Å². The quantitative estimate of drug-likeness (QED) is 0.390. The van der Waals surface area contributed by atoms with Gasteiger partial charge >= 0.3 is 0 Å². The van der Waals surface area contributed by atoms with Crippen LogP contribution in [0.4, 0.5) is 10.8 Å². The van der Waals surface area contributed by atoms with Crippen LogP contribution in [0.25, 0.3) is 15.9 Å². The first-order chi connectivity index (χ1) is 15.2. The summed E-state index contributed by atoms with van der Waals surface area (Å²) in [6.07, 6.45) is 5.85. The first-order valence-corrected chi connectivity index (χ1v) is 12.0. The molecule has 31 heavy (non-hydrogen) atoms. The fraction of sp³-hybridized carbons (Fsp3) is 0.150. The smallest absolute Gasteiger partial charge is 0.180 e. The van der Waals surface area contributed by atoms with Gasteiger partial charge in [-0.15, -0.1) is 11.3 Å². The minimum absolute atomic E-state index is 0.163. The van der Waals surface area contributed by atoms with Gasteiger partial charge in [-0.1, -0.05) is 12.1 Å². The van der Waals surface area contributed by atoms with Gasteiger partial charge in [0.15, 0.2) is 15.8 Å². The molecule has 6 rings (SSSR count). The van der Waals surface area contributed by atoms with E-state index in [1.54, 1.807) is 23.1 Å². The van der Waals surface area contributed by atoms with E-state index in [0.29, 0.717) is 5.82 Å². The largest absolute Gasteiger partial charge is 0.328 e. The van der Waals surface area contributed by atoms with E-state index >= 15 is 0 Å². The molecule has 0 aliphatic carbocycles. The zero-order valence-corrected chi connectivity index (χ0v) is 18.8. The number of fused-ring (bicyclic) bond motifs is 2. The highest BCUT2D eigenvalue weighted by molar-refractivity contribution is 8.01. The maximum atomic E-state index is 4.88. The number of benzene rings is 1. The van der Waals surface area contributed by atoms with Crippen LogP contribution in [0, 0.1) is 6.92 Å². The zero-order chi connectivity index (χ0) is 20.8. The van der Waals surface area contributed by atoms with Crippen molar-refractivity contribution in [2.75, 3.05) is 11.9 Å². The molecule has 0 bridgehead atoms. The number of aromatic nitrogens is 5. The molecule has 154 valence electrons. The Balaban J connectivity index is 1.44. The second kappa shape index (κ2) is 7.59. The molecule has 0 saturated carbocycles. The Hall–Kier alpha value is -3.02. The first-order valence-electron chi connectivity index (χ1n) is 9.61. The van der Waals surface area contributed by atoms with Crippen LogP contribution < -0.4 is 10.7 Å². The summed E-state index contributed by atoms with van der Waals surface area (Å²) in [4.78, 5) is 14.3. The number of aryl methyl sites for hydroxylation is 1. The molecule has 0 spiro atoms. The predicted octanol–water partition coefficient (Wildman–Crippen LogP) is 4.67. The molecule has 4 aromatic heterocycles. The molecule has 1 aromatic carbocycles. The van der Waals surface area contributed by atoms with Crippen molar-refractivity contribution in [3.63, 3.8) is 0 Å². The van der Waals surface area contributed by atoms with Gasteiger partial charge in [0.05, 0.1) is 33.7 Å². The maximum Gasteiger partial charge on any atom is 0.180 e. The van der Waals surface area contributed by atoms with Crippen molar-refractivity contribution in [2.24, 2.45) is 5.10 Å². The molecule has 1 atom stereocenters. The average Bonchev–Trinajstić information content (AvgIpc) is 3.54. The van der Waals surface area contributed by atoms with E-state index in [0.717, 1.165) is 43.5 Å². The van der Waals surface area contributed by atoms with E-state index in [-0.39, 0.29) is 5.92 Å². The van der Waals surface area contributed by atoms with Crippen LogP contribution in [0.3, 0.4) is 0 Å². The SMILES string of the molecule is Cc1cc(Nc2nc(Sc3nc4ccccc4s3)cn3c(C4C=NNC4)cnc23)sn1. The third-order valence-electron chi connectivity index (χ3n) is 4.87. The predicted molar refractivity (Wildman–Crippen MR) is 126 cm³/mol. The molecular formula is C20H16N8S3. The van der Waals surface area contributed by atoms with E-state index < -0.39 is 0 Å². The summed E-state index contributed by atoms with van der Waals surface area (Å²) in [5.41, 5.74) is 6.85. The summed E-state index contributed by atoms with van der Waals surface area (Å²) < 4.78 is 8.58. The highest BCUT2D eigenvalue weighted by Crippen LogP contribution is 2.35. The molecule has 0 saturated heterocycles. The van der Waals surface area contributed by atoms with Crippen molar-refractivity contribution in [2.45, 2.75) is 22.2 Å². The molecule has 1 aliphatic heterocycles. The summed E-state index contributed by atoms with van der Waals surface area (Å²) in [7, 11) is 0. The monoisotopic (exact) mass is 464 g/mol. The Morgan fingerprint density at radius 2 is 2.19 bits per heavy atom. The Bertz CT molecular complexity index is 1400. The normalized spacial score (nSPS) is 15.7. The van der Waals surface area contributed by atoms with E-state index in [9.17, 15) is 0 Å². The van der Waals surface area contributed by atoms with Gasteiger partial charge in [-0.3, -0.25) is 4.40 Å². The van der Waals surface area contributed by atoms with Gasteiger partial charge in [0, 0.05) is 19.0 Å². The molecule has 0 radical (unpaired) electrons. The summed E-state index contributed by atoms with van der Waals surface area (Å²) in [5.74, 6) is 0.861. The van der Waals surface area contributed by atoms with Gasteiger partial charge in [0.25, 0.3) is 0 Å². The van der Waals surface area contributed by atoms with Crippen molar-refractivity contribution in [3.8, 4) is 0 Å². The second-order valence-corrected chi connectivity index (χ2v) is 10.2. The van der Waals surface area contributed by atoms with Gasteiger partial charge in [-0.05, 0) is 48.4 Å². The molecule has 0 amide bonds. The van der Waals surface area contributed by atoms with Crippen molar-refractivity contribution in [1.82, 2.24) is 29.2 Å². The molecular weight excluding hydrogens is 448 g/mol. The Kier molecular flexibility index (Phi) is 4.59. The number of hydrazone groups is 1. The number of para-hydroxylation sites is 1. The van der Waals surface area contributed by atoms with Crippen molar-refractivity contribution in [3.05, 3.63) is 54.1 Å². The van der Waals surface area contributed by atoms with Crippen LogP contribution in [-0.4, -0.2) is 36.5 Å². The highest BCUT2D eigenvalue weighted by atomic mass is 32.2. The van der Waals surface area contributed by atoms with Crippen LogP contribution in [0.1, 0.15) is 17.3 Å². The van der Waals surface area contributed by atoms with Crippen molar-refractivity contribution in [1.29, 1.82) is 0 Å². The number of imidazole rings is 1. The fourth-order valence-corrected chi connectivity index (χ4v) is 6.11. The molecule has 11 heteroatoms. The number of nitrogens with zero attached hydrogens (tertiary/aromatic N) is 6. The minimum atomic E-state index is 0.163. The Morgan fingerprint density at radius 1 is 1.26 bits per heavy atom. The van der Waals surface area contributed by atoms with Crippen LogP contribution in [0.2, 0.25) is 0 Å². The van der Waals surface area contributed by atoms with Crippen LogP contribution in [0.5, 0.6) is 0 Å². The number of rotatable bonds is 5. The maximum absolute atomic E-state index is 4.88. The number of hydrogen-bond acceptors (Lipinski definition) is 10. The molecule has 0 fully saturated rings. The van der Waals surface area contributed by atoms with E-state index in [4.69, 9.17) is 9.97 Å². The molecule has 8 nitrogen and oxygen atoms in total. The van der Waals surface area contributed by atoms with Gasteiger partial charge in [0.2, 0.25) is 0 Å². The summed E-state index contributed by atoms with van der Waals surface area (Å²) in [6, 6.07) is 10.2. The lowest BCUT2D eigenvalue weighted by molar-refractivity contribution is 0.745. The van der Waals surface area contributed by atoms with Gasteiger partial charge in [0.1, 0.15) is 10.0 Å². The van der Waals surface area contributed by atoms with Gasteiger partial charge in [-0.25, -0.2) is 15.0 Å². The summed E-state index contributed by atoms with van der Waals surface area (Å²) in [6.45, 7) is 2.73. The third-order valence-corrected chi connectivity index (χ3v) is 7.67. The second-order valence-electron chi connectivity index (χ2n) is 7.06. The molecule has 5 heterocycles. The van der Waals surface area contributed by atoms with Crippen LogP contribution >= 0.6 is 34.6 Å². The van der Waals surface area contributed by atoms with E-state index in [1.165, 1.54) is 16.2 Å². The number of nitrogens with one attached hydrogen (secondary N) is 2. The average molecular weight is 465 g/mol. The molecule has 1 unspecified atom stereocenters. The lowest BCUT2D eigenvalue weighted by Gasteiger charge is -2.10. The molecule has 2 N–H and O–H groups in total. The summed E-state index contributed by atoms with van der Waals surface area (Å²) in [5, 5.41) is 9.35. The Morgan fingerprint density at radius 3 is 3.00 bits per heavy atom. The Labute approximate surface area is 189 Å². The minimum Gasteiger partial charge on any atom is -0.328 e. The topological polar surface area (TPSA) is 92.4 Å². The number of thiazole rings is 1.